The van der Waals surface area contributed by atoms with Crippen LogP contribution >= 0.6 is 0 Å². The third kappa shape index (κ3) is 4.71. The largest absolute Gasteiger partial charge is 0.308 e. The summed E-state index contributed by atoms with van der Waals surface area (Å²) in [7, 11) is 0. The van der Waals surface area contributed by atoms with E-state index in [0.29, 0.717) is 12.1 Å². The highest BCUT2D eigenvalue weighted by Crippen LogP contribution is 2.22. The topological polar surface area (TPSA) is 12.0 Å². The second kappa shape index (κ2) is 7.42. The lowest BCUT2D eigenvalue weighted by atomic mass is 10.00. The maximum Gasteiger partial charge on any atom is 0.0294 e. The maximum absolute atomic E-state index is 3.69. The van der Waals surface area contributed by atoms with Crippen molar-refractivity contribution >= 4 is 0 Å². The van der Waals surface area contributed by atoms with Gasteiger partial charge in [0.1, 0.15) is 0 Å². The molecule has 2 rings (SSSR count). The van der Waals surface area contributed by atoms with Crippen LogP contribution in [0.4, 0.5) is 0 Å². The van der Waals surface area contributed by atoms with Crippen molar-refractivity contribution in [1.29, 1.82) is 0 Å². The van der Waals surface area contributed by atoms with Gasteiger partial charge in [-0.15, -0.1) is 0 Å². The van der Waals surface area contributed by atoms with Gasteiger partial charge < -0.3 is 5.32 Å². The van der Waals surface area contributed by atoms with Crippen molar-refractivity contribution in [3.8, 4) is 11.1 Å². The Kier molecular flexibility index (Phi) is 5.58. The molecule has 112 valence electrons. The van der Waals surface area contributed by atoms with Crippen LogP contribution in [-0.2, 0) is 0 Å². The van der Waals surface area contributed by atoms with Crippen LogP contribution in [0.3, 0.4) is 0 Å². The lowest BCUT2D eigenvalue weighted by Crippen LogP contribution is -2.30. The lowest BCUT2D eigenvalue weighted by molar-refractivity contribution is 0.407. The van der Waals surface area contributed by atoms with Gasteiger partial charge >= 0.3 is 0 Å². The molecule has 0 saturated heterocycles. The van der Waals surface area contributed by atoms with Crippen molar-refractivity contribution in [2.75, 3.05) is 0 Å². The van der Waals surface area contributed by atoms with Crippen molar-refractivity contribution in [1.82, 2.24) is 5.32 Å². The van der Waals surface area contributed by atoms with E-state index in [0.717, 1.165) is 5.92 Å². The van der Waals surface area contributed by atoms with Gasteiger partial charge in [0.05, 0.1) is 0 Å². The van der Waals surface area contributed by atoms with Gasteiger partial charge in [0, 0.05) is 12.1 Å². The summed E-state index contributed by atoms with van der Waals surface area (Å²) in [6.45, 7) is 9.07. The molecule has 2 atom stereocenters. The van der Waals surface area contributed by atoms with E-state index >= 15 is 0 Å². The molecule has 0 bridgehead atoms. The minimum atomic E-state index is 0.392. The molecule has 2 aromatic rings. The molecule has 2 aromatic carbocycles. The predicted molar refractivity (Wildman–Crippen MR) is 92.3 cm³/mol. The van der Waals surface area contributed by atoms with Crippen molar-refractivity contribution < 1.29 is 0 Å². The van der Waals surface area contributed by atoms with Crippen LogP contribution in [0, 0.1) is 5.92 Å². The molecule has 0 heterocycles. The van der Waals surface area contributed by atoms with E-state index in [9.17, 15) is 0 Å². The van der Waals surface area contributed by atoms with Gasteiger partial charge in [0.15, 0.2) is 0 Å². The molecule has 1 N–H and O–H groups in total. The van der Waals surface area contributed by atoms with Crippen LogP contribution in [0.1, 0.15) is 45.7 Å². The van der Waals surface area contributed by atoms with Crippen LogP contribution in [0.5, 0.6) is 0 Å². The van der Waals surface area contributed by atoms with Crippen LogP contribution < -0.4 is 5.32 Å². The van der Waals surface area contributed by atoms with E-state index in [2.05, 4.69) is 87.6 Å². The SMILES string of the molecule is CC(C)CC(C)NC(C)c1ccc(-c2ccccc2)cc1. The van der Waals surface area contributed by atoms with Crippen LogP contribution in [0.2, 0.25) is 0 Å². The molecule has 0 fully saturated rings. The monoisotopic (exact) mass is 281 g/mol. The summed E-state index contributed by atoms with van der Waals surface area (Å²) in [5.74, 6) is 0.736. The number of rotatable bonds is 6. The molecule has 0 aliphatic carbocycles. The molecule has 0 spiro atoms. The second-order valence-electron chi connectivity index (χ2n) is 6.41. The predicted octanol–water partition coefficient (Wildman–Crippen LogP) is 5.44. The second-order valence-corrected chi connectivity index (χ2v) is 6.41. The van der Waals surface area contributed by atoms with Crippen molar-refractivity contribution in [2.45, 2.75) is 46.2 Å². The summed E-state index contributed by atoms with van der Waals surface area (Å²) in [4.78, 5) is 0. The summed E-state index contributed by atoms with van der Waals surface area (Å²) in [5, 5.41) is 3.69. The van der Waals surface area contributed by atoms with Gasteiger partial charge in [-0.2, -0.15) is 0 Å². The maximum atomic E-state index is 3.69. The van der Waals surface area contributed by atoms with Crippen LogP contribution in [0.25, 0.3) is 11.1 Å². The number of benzene rings is 2. The highest BCUT2D eigenvalue weighted by atomic mass is 14.9. The normalized spacial score (nSPS) is 14.1. The molecule has 1 heteroatoms. The highest BCUT2D eigenvalue weighted by Gasteiger charge is 2.10. The fourth-order valence-electron chi connectivity index (χ4n) is 2.89. The Bertz CT molecular complexity index is 528. The summed E-state index contributed by atoms with van der Waals surface area (Å²) < 4.78 is 0. The van der Waals surface area contributed by atoms with E-state index in [1.165, 1.54) is 23.1 Å². The van der Waals surface area contributed by atoms with E-state index in [4.69, 9.17) is 0 Å². The standard InChI is InChI=1S/C20H27N/c1-15(2)14-16(3)21-17(4)18-10-12-20(13-11-18)19-8-6-5-7-9-19/h5-13,15-17,21H,14H2,1-4H3. The average molecular weight is 281 g/mol. The molecule has 0 saturated carbocycles. The molecule has 0 radical (unpaired) electrons. The summed E-state index contributed by atoms with van der Waals surface area (Å²) in [5.41, 5.74) is 3.91. The lowest BCUT2D eigenvalue weighted by Gasteiger charge is -2.22. The molecular weight excluding hydrogens is 254 g/mol. The minimum Gasteiger partial charge on any atom is -0.308 e. The first kappa shape index (κ1) is 15.8. The molecular formula is C20H27N. The smallest absolute Gasteiger partial charge is 0.0294 e. The molecule has 0 aliphatic heterocycles. The fourth-order valence-corrected chi connectivity index (χ4v) is 2.89. The molecule has 0 amide bonds. The first-order valence-corrected chi connectivity index (χ1v) is 7.97. The summed E-state index contributed by atoms with van der Waals surface area (Å²) in [6, 6.07) is 20.4. The Labute approximate surface area is 129 Å². The third-order valence-electron chi connectivity index (χ3n) is 3.88. The van der Waals surface area contributed by atoms with Gasteiger partial charge in [0.25, 0.3) is 0 Å². The fraction of sp³-hybridized carbons (Fsp3) is 0.400. The van der Waals surface area contributed by atoms with E-state index < -0.39 is 0 Å². The van der Waals surface area contributed by atoms with Crippen molar-refractivity contribution in [3.05, 3.63) is 60.2 Å². The average Bonchev–Trinajstić information content (AvgIpc) is 2.47. The molecule has 1 nitrogen and oxygen atoms in total. The number of nitrogens with one attached hydrogen (secondary N) is 1. The Morgan fingerprint density at radius 3 is 1.90 bits per heavy atom. The van der Waals surface area contributed by atoms with Crippen molar-refractivity contribution in [2.24, 2.45) is 5.92 Å². The quantitative estimate of drug-likeness (QED) is 0.743. The minimum absolute atomic E-state index is 0.392. The first-order chi connectivity index (χ1) is 10.1. The van der Waals surface area contributed by atoms with Gasteiger partial charge in [-0.1, -0.05) is 68.4 Å². The molecule has 0 aliphatic rings. The van der Waals surface area contributed by atoms with E-state index in [1.807, 2.05) is 0 Å². The van der Waals surface area contributed by atoms with Gasteiger partial charge in [0.2, 0.25) is 0 Å². The van der Waals surface area contributed by atoms with Crippen LogP contribution in [-0.4, -0.2) is 6.04 Å². The first-order valence-electron chi connectivity index (χ1n) is 7.97. The number of hydrogen-bond donors (Lipinski definition) is 1. The number of hydrogen-bond acceptors (Lipinski definition) is 1. The van der Waals surface area contributed by atoms with E-state index in [-0.39, 0.29) is 0 Å². The zero-order valence-corrected chi connectivity index (χ0v) is 13.6. The van der Waals surface area contributed by atoms with Crippen molar-refractivity contribution in [3.63, 3.8) is 0 Å². The Balaban J connectivity index is 2.02. The van der Waals surface area contributed by atoms with Gasteiger partial charge in [-0.3, -0.25) is 0 Å². The van der Waals surface area contributed by atoms with Gasteiger partial charge in [-0.25, -0.2) is 0 Å². The molecule has 0 aromatic heterocycles. The van der Waals surface area contributed by atoms with Gasteiger partial charge in [-0.05, 0) is 42.9 Å². The zero-order valence-electron chi connectivity index (χ0n) is 13.6. The highest BCUT2D eigenvalue weighted by molar-refractivity contribution is 5.63. The third-order valence-corrected chi connectivity index (χ3v) is 3.88. The van der Waals surface area contributed by atoms with Crippen LogP contribution in [0.15, 0.2) is 54.6 Å². The summed E-state index contributed by atoms with van der Waals surface area (Å²) >= 11 is 0. The molecule has 2 unspecified atom stereocenters. The zero-order chi connectivity index (χ0) is 15.2. The Morgan fingerprint density at radius 2 is 1.33 bits per heavy atom. The Hall–Kier alpha value is -1.60. The Morgan fingerprint density at radius 1 is 0.762 bits per heavy atom. The summed E-state index contributed by atoms with van der Waals surface area (Å²) in [6.07, 6.45) is 1.21. The molecule has 21 heavy (non-hydrogen) atoms. The van der Waals surface area contributed by atoms with E-state index in [1.54, 1.807) is 0 Å².